The summed E-state index contributed by atoms with van der Waals surface area (Å²) in [4.78, 5) is 32.7. The molecule has 6 nitrogen and oxygen atoms in total. The maximum atomic E-state index is 12.8. The predicted molar refractivity (Wildman–Crippen MR) is 110 cm³/mol. The average Bonchev–Trinajstić information content (AvgIpc) is 3.12. The summed E-state index contributed by atoms with van der Waals surface area (Å²) >= 11 is 1.59. The van der Waals surface area contributed by atoms with E-state index in [1.807, 2.05) is 15.9 Å². The van der Waals surface area contributed by atoms with Crippen LogP contribution in [0.5, 0.6) is 5.19 Å². The van der Waals surface area contributed by atoms with E-state index in [1.165, 1.54) is 5.56 Å². The van der Waals surface area contributed by atoms with Gasteiger partial charge in [-0.05, 0) is 31.4 Å². The highest BCUT2D eigenvalue weighted by molar-refractivity contribution is 7.20. The first-order valence-electron chi connectivity index (χ1n) is 10.1. The Morgan fingerprint density at radius 1 is 1.07 bits per heavy atom. The topological polar surface area (TPSA) is 62.7 Å². The van der Waals surface area contributed by atoms with Crippen molar-refractivity contribution in [3.63, 3.8) is 0 Å². The molecule has 2 fully saturated rings. The van der Waals surface area contributed by atoms with Gasteiger partial charge in [-0.25, -0.2) is 4.98 Å². The maximum absolute atomic E-state index is 12.8. The molecule has 4 rings (SSSR count). The molecule has 1 aromatic heterocycles. The molecule has 2 aliphatic heterocycles. The molecule has 0 unspecified atom stereocenters. The third-order valence-electron chi connectivity index (χ3n) is 5.91. The van der Waals surface area contributed by atoms with Crippen LogP contribution < -0.4 is 4.74 Å². The molecule has 2 aromatic rings. The summed E-state index contributed by atoms with van der Waals surface area (Å²) < 4.78 is 7.29. The van der Waals surface area contributed by atoms with Gasteiger partial charge in [0, 0.05) is 51.9 Å². The quantitative estimate of drug-likeness (QED) is 0.792. The molecular weight excluding hydrogens is 374 g/mol. The van der Waals surface area contributed by atoms with Crippen LogP contribution in [0.15, 0.2) is 18.2 Å². The SMILES string of the molecule is CC(=O)N1CCC(C(=O)N2CCC(Oc3nc4c(C)cccc4s3)CC2)CC1. The Morgan fingerprint density at radius 3 is 2.39 bits per heavy atom. The van der Waals surface area contributed by atoms with Gasteiger partial charge in [-0.2, -0.15) is 0 Å². The lowest BCUT2D eigenvalue weighted by molar-refractivity contribution is -0.141. The number of amides is 2. The molecule has 3 heterocycles. The van der Waals surface area contributed by atoms with E-state index < -0.39 is 0 Å². The first kappa shape index (κ1) is 19.2. The Morgan fingerprint density at radius 2 is 1.75 bits per heavy atom. The molecule has 0 bridgehead atoms. The second-order valence-corrected chi connectivity index (χ2v) is 8.82. The number of piperidine rings is 2. The van der Waals surface area contributed by atoms with E-state index in [1.54, 1.807) is 18.3 Å². The number of carbonyl (C=O) groups is 2. The number of aromatic nitrogens is 1. The zero-order chi connectivity index (χ0) is 19.7. The van der Waals surface area contributed by atoms with Crippen LogP contribution in [0, 0.1) is 12.8 Å². The second-order valence-electron chi connectivity index (χ2n) is 7.82. The molecular formula is C21H27N3O3S. The van der Waals surface area contributed by atoms with Gasteiger partial charge in [0.1, 0.15) is 6.10 Å². The number of benzene rings is 1. The van der Waals surface area contributed by atoms with Crippen LogP contribution in [-0.4, -0.2) is 58.9 Å². The molecule has 0 radical (unpaired) electrons. The number of hydrogen-bond donors (Lipinski definition) is 0. The first-order valence-corrected chi connectivity index (χ1v) is 10.9. The van der Waals surface area contributed by atoms with Crippen molar-refractivity contribution in [2.75, 3.05) is 26.2 Å². The number of rotatable bonds is 3. The number of hydrogen-bond acceptors (Lipinski definition) is 5. The number of para-hydroxylation sites is 1. The van der Waals surface area contributed by atoms with Crippen molar-refractivity contribution in [1.29, 1.82) is 0 Å². The highest BCUT2D eigenvalue weighted by atomic mass is 32.1. The van der Waals surface area contributed by atoms with Crippen molar-refractivity contribution in [3.05, 3.63) is 23.8 Å². The summed E-state index contributed by atoms with van der Waals surface area (Å²) in [6.45, 7) is 6.53. The Labute approximate surface area is 169 Å². The number of thiazole rings is 1. The van der Waals surface area contributed by atoms with Gasteiger partial charge in [0.15, 0.2) is 0 Å². The lowest BCUT2D eigenvalue weighted by Gasteiger charge is -2.36. The second kappa shape index (κ2) is 8.07. The lowest BCUT2D eigenvalue weighted by Crippen LogP contribution is -2.47. The van der Waals surface area contributed by atoms with Gasteiger partial charge >= 0.3 is 0 Å². The molecule has 7 heteroatoms. The summed E-state index contributed by atoms with van der Waals surface area (Å²) in [5, 5.41) is 0.727. The summed E-state index contributed by atoms with van der Waals surface area (Å²) in [5.74, 6) is 0.409. The fourth-order valence-corrected chi connectivity index (χ4v) is 5.11. The number of likely N-dealkylation sites (tertiary alicyclic amines) is 2. The number of ether oxygens (including phenoxy) is 1. The zero-order valence-corrected chi connectivity index (χ0v) is 17.3. The normalized spacial score (nSPS) is 19.2. The van der Waals surface area contributed by atoms with Crippen LogP contribution in [0.4, 0.5) is 0 Å². The number of nitrogens with zero attached hydrogens (tertiary/aromatic N) is 3. The fourth-order valence-electron chi connectivity index (χ4n) is 4.15. The third kappa shape index (κ3) is 3.99. The number of carbonyl (C=O) groups excluding carboxylic acids is 2. The monoisotopic (exact) mass is 401 g/mol. The molecule has 0 spiro atoms. The minimum atomic E-state index is 0.0558. The van der Waals surface area contributed by atoms with Crippen molar-refractivity contribution in [3.8, 4) is 5.19 Å². The van der Waals surface area contributed by atoms with Crippen LogP contribution in [0.1, 0.15) is 38.2 Å². The van der Waals surface area contributed by atoms with Crippen molar-refractivity contribution in [2.24, 2.45) is 5.92 Å². The summed E-state index contributed by atoms with van der Waals surface area (Å²) in [7, 11) is 0. The Hall–Kier alpha value is -2.15. The Balaban J connectivity index is 1.29. The minimum absolute atomic E-state index is 0.0558. The highest BCUT2D eigenvalue weighted by Gasteiger charge is 2.32. The van der Waals surface area contributed by atoms with Gasteiger partial charge in [0.25, 0.3) is 5.19 Å². The third-order valence-corrected chi connectivity index (χ3v) is 6.82. The van der Waals surface area contributed by atoms with Crippen LogP contribution in [0.2, 0.25) is 0 Å². The first-order chi connectivity index (χ1) is 13.5. The van der Waals surface area contributed by atoms with E-state index in [2.05, 4.69) is 24.0 Å². The molecule has 0 aliphatic carbocycles. The maximum Gasteiger partial charge on any atom is 0.274 e. The number of aryl methyl sites for hydroxylation is 1. The molecule has 2 saturated heterocycles. The van der Waals surface area contributed by atoms with Gasteiger partial charge in [-0.3, -0.25) is 9.59 Å². The predicted octanol–water partition coefficient (Wildman–Crippen LogP) is 3.23. The van der Waals surface area contributed by atoms with Gasteiger partial charge in [0.05, 0.1) is 10.2 Å². The molecule has 2 aliphatic rings. The van der Waals surface area contributed by atoms with Crippen molar-refractivity contribution >= 4 is 33.4 Å². The van der Waals surface area contributed by atoms with E-state index in [4.69, 9.17) is 4.74 Å². The highest BCUT2D eigenvalue weighted by Crippen LogP contribution is 2.31. The molecule has 0 atom stereocenters. The van der Waals surface area contributed by atoms with Crippen molar-refractivity contribution in [2.45, 2.75) is 45.6 Å². The Kier molecular flexibility index (Phi) is 5.53. The Bertz CT molecular complexity index is 865. The van der Waals surface area contributed by atoms with E-state index in [-0.39, 0.29) is 23.8 Å². The molecule has 0 saturated carbocycles. The molecule has 150 valence electrons. The number of fused-ring (bicyclic) bond motifs is 1. The fraction of sp³-hybridized carbons (Fsp3) is 0.571. The molecule has 2 amide bonds. The average molecular weight is 402 g/mol. The van der Waals surface area contributed by atoms with Crippen LogP contribution in [-0.2, 0) is 9.59 Å². The summed E-state index contributed by atoms with van der Waals surface area (Å²) in [6, 6.07) is 6.19. The lowest BCUT2D eigenvalue weighted by atomic mass is 9.94. The molecule has 1 aromatic carbocycles. The zero-order valence-electron chi connectivity index (χ0n) is 16.5. The molecule has 0 N–H and O–H groups in total. The van der Waals surface area contributed by atoms with E-state index in [0.717, 1.165) is 54.2 Å². The standard InChI is InChI=1S/C21H27N3O3S/c1-14-4-3-5-18-19(14)22-21(28-18)27-17-8-12-24(13-9-17)20(26)16-6-10-23(11-7-16)15(2)25/h3-5,16-17H,6-13H2,1-2H3. The minimum Gasteiger partial charge on any atom is -0.467 e. The summed E-state index contributed by atoms with van der Waals surface area (Å²) in [6.07, 6.45) is 3.35. The van der Waals surface area contributed by atoms with E-state index in [0.29, 0.717) is 13.1 Å². The summed E-state index contributed by atoms with van der Waals surface area (Å²) in [5.41, 5.74) is 2.19. The van der Waals surface area contributed by atoms with E-state index in [9.17, 15) is 9.59 Å². The van der Waals surface area contributed by atoms with Crippen LogP contribution >= 0.6 is 11.3 Å². The smallest absolute Gasteiger partial charge is 0.274 e. The largest absolute Gasteiger partial charge is 0.467 e. The van der Waals surface area contributed by atoms with Crippen molar-refractivity contribution in [1.82, 2.24) is 14.8 Å². The van der Waals surface area contributed by atoms with Gasteiger partial charge in [0.2, 0.25) is 11.8 Å². The molecule has 28 heavy (non-hydrogen) atoms. The van der Waals surface area contributed by atoms with Gasteiger partial charge in [-0.15, -0.1) is 0 Å². The van der Waals surface area contributed by atoms with Gasteiger partial charge < -0.3 is 14.5 Å². The van der Waals surface area contributed by atoms with Crippen LogP contribution in [0.25, 0.3) is 10.2 Å². The van der Waals surface area contributed by atoms with Crippen LogP contribution in [0.3, 0.4) is 0 Å². The van der Waals surface area contributed by atoms with Gasteiger partial charge in [-0.1, -0.05) is 23.5 Å². The van der Waals surface area contributed by atoms with Crippen molar-refractivity contribution < 1.29 is 14.3 Å². The van der Waals surface area contributed by atoms with E-state index >= 15 is 0 Å².